The van der Waals surface area contributed by atoms with Gasteiger partial charge in [0.2, 0.25) is 0 Å². The van der Waals surface area contributed by atoms with Gasteiger partial charge in [0.1, 0.15) is 5.52 Å². The van der Waals surface area contributed by atoms with Crippen LogP contribution in [0.4, 0.5) is 0 Å². The van der Waals surface area contributed by atoms with Crippen LogP contribution in [0.2, 0.25) is 0 Å². The van der Waals surface area contributed by atoms with Crippen molar-refractivity contribution in [3.8, 4) is 0 Å². The summed E-state index contributed by atoms with van der Waals surface area (Å²) in [4.78, 5) is 2.08. The van der Waals surface area contributed by atoms with Crippen molar-refractivity contribution in [2.24, 2.45) is 0 Å². The van der Waals surface area contributed by atoms with E-state index >= 15 is 0 Å². The molecule has 0 aromatic carbocycles. The van der Waals surface area contributed by atoms with E-state index < -0.39 is 16.8 Å². The molecule has 0 saturated carbocycles. The summed E-state index contributed by atoms with van der Waals surface area (Å²) >= 11 is 0. The fraction of sp³-hybridized carbons (Fsp3) is 1.00. The number of hydrogen-bond acceptors (Lipinski definition) is 5. The van der Waals surface area contributed by atoms with Gasteiger partial charge in [-0.2, -0.15) is 0 Å². The lowest BCUT2D eigenvalue weighted by Gasteiger charge is -2.34. The maximum atomic E-state index is 5.74. The van der Waals surface area contributed by atoms with Crippen molar-refractivity contribution in [3.63, 3.8) is 0 Å². The Balaban J connectivity index is 4.82. The third-order valence-corrected chi connectivity index (χ3v) is 6.72. The molecule has 0 fully saturated rings. The Morgan fingerprint density at radius 1 is 0.722 bits per heavy atom. The summed E-state index contributed by atoms with van der Waals surface area (Å²) in [5.74, 6) is 0. The topological polar surface area (TPSA) is 40.2 Å². The molecule has 0 unspecified atom stereocenters. The molecule has 0 N–H and O–H groups in total. The van der Waals surface area contributed by atoms with Crippen LogP contribution in [-0.2, 0) is 18.1 Å². The van der Waals surface area contributed by atoms with Gasteiger partial charge >= 0.3 is 0 Å². The minimum absolute atomic E-state index is 0.0369. The highest BCUT2D eigenvalue weighted by Gasteiger charge is 2.36. The van der Waals surface area contributed by atoms with Crippen LogP contribution in [0.1, 0.15) is 27.7 Å². The Morgan fingerprint density at radius 2 is 1.00 bits per heavy atom. The van der Waals surface area contributed by atoms with Gasteiger partial charge < -0.3 is 18.1 Å². The molecule has 0 radical (unpaired) electrons. The molecule has 7 heteroatoms. The fourth-order valence-electron chi connectivity index (χ4n) is 1.30. The van der Waals surface area contributed by atoms with Gasteiger partial charge in [0.15, 0.2) is 16.8 Å². The molecule has 0 aromatic heterocycles. The maximum Gasteiger partial charge on any atom is 0.198 e. The Morgan fingerprint density at radius 3 is 1.17 bits per heavy atom. The Kier molecular flexibility index (Phi) is 11.9. The van der Waals surface area contributed by atoms with Gasteiger partial charge in [-0.1, -0.05) is 0 Å². The van der Waals surface area contributed by atoms with E-state index in [1.54, 1.807) is 0 Å². The standard InChI is InChI=1S/C11H27NO4P2/c1-7-13-17(14-8-2)11(12(5)6)18(15-9-3)16-10-4/h11H,7-10H2,1-6H3. The second-order valence-corrected chi connectivity index (χ2v) is 7.11. The second-order valence-electron chi connectivity index (χ2n) is 3.55. The Hall–Kier alpha value is 0.660. The lowest BCUT2D eigenvalue weighted by molar-refractivity contribution is 0.222. The average Bonchev–Trinajstić information content (AvgIpc) is 2.30. The number of rotatable bonds is 11. The summed E-state index contributed by atoms with van der Waals surface area (Å²) in [7, 11) is 1.97. The lowest BCUT2D eigenvalue weighted by atomic mass is 10.9. The highest BCUT2D eigenvalue weighted by atomic mass is 31.2. The van der Waals surface area contributed by atoms with Crippen LogP contribution >= 0.6 is 16.8 Å². The molecular formula is C11H27NO4P2. The van der Waals surface area contributed by atoms with Gasteiger partial charge in [-0.3, -0.25) is 4.90 Å². The summed E-state index contributed by atoms with van der Waals surface area (Å²) in [5.41, 5.74) is 0.0369. The molecule has 0 aliphatic carbocycles. The van der Waals surface area contributed by atoms with E-state index in [-0.39, 0.29) is 5.52 Å². The molecule has 5 nitrogen and oxygen atoms in total. The first-order chi connectivity index (χ1) is 8.62. The van der Waals surface area contributed by atoms with Crippen molar-refractivity contribution in [2.75, 3.05) is 40.5 Å². The van der Waals surface area contributed by atoms with Gasteiger partial charge in [0.05, 0.1) is 26.4 Å². The third-order valence-electron chi connectivity index (χ3n) is 1.86. The minimum atomic E-state index is -1.02. The molecule has 0 amide bonds. The molecule has 110 valence electrons. The zero-order valence-electron chi connectivity index (χ0n) is 12.4. The molecule has 18 heavy (non-hydrogen) atoms. The molecular weight excluding hydrogens is 272 g/mol. The highest BCUT2D eigenvalue weighted by molar-refractivity contribution is 7.66. The highest BCUT2D eigenvalue weighted by Crippen LogP contribution is 2.61. The van der Waals surface area contributed by atoms with Crippen LogP contribution in [-0.4, -0.2) is 50.9 Å². The summed E-state index contributed by atoms with van der Waals surface area (Å²) < 4.78 is 22.9. The summed E-state index contributed by atoms with van der Waals surface area (Å²) in [6, 6.07) is 0. The van der Waals surface area contributed by atoms with Crippen molar-refractivity contribution in [3.05, 3.63) is 0 Å². The summed E-state index contributed by atoms with van der Waals surface area (Å²) in [5, 5.41) is 0. The molecule has 0 heterocycles. The normalized spacial score (nSPS) is 12.3. The molecule has 0 saturated heterocycles. The SMILES string of the molecule is CCOP(OCC)C(N(C)C)P(OCC)OCC. The third kappa shape index (κ3) is 6.72. The fourth-order valence-corrected chi connectivity index (χ4v) is 5.17. The lowest BCUT2D eigenvalue weighted by Crippen LogP contribution is -2.27. The Bertz CT molecular complexity index is 170. The summed E-state index contributed by atoms with van der Waals surface area (Å²) in [6.45, 7) is 10.5. The smallest absolute Gasteiger partial charge is 0.198 e. The molecule has 0 bridgehead atoms. The van der Waals surface area contributed by atoms with Crippen LogP contribution in [0.15, 0.2) is 0 Å². The summed E-state index contributed by atoms with van der Waals surface area (Å²) in [6.07, 6.45) is 0. The van der Waals surface area contributed by atoms with Crippen molar-refractivity contribution in [1.82, 2.24) is 4.90 Å². The molecule has 0 spiro atoms. The first-order valence-corrected chi connectivity index (χ1v) is 8.88. The van der Waals surface area contributed by atoms with E-state index in [2.05, 4.69) is 4.90 Å². The van der Waals surface area contributed by atoms with Crippen LogP contribution in [0.25, 0.3) is 0 Å². The predicted molar refractivity (Wildman–Crippen MR) is 77.8 cm³/mol. The minimum Gasteiger partial charge on any atom is -0.333 e. The maximum absolute atomic E-state index is 5.74. The van der Waals surface area contributed by atoms with Crippen LogP contribution < -0.4 is 0 Å². The van der Waals surface area contributed by atoms with Gasteiger partial charge in [-0.15, -0.1) is 0 Å². The molecule has 0 rings (SSSR count). The van der Waals surface area contributed by atoms with Gasteiger partial charge in [0.25, 0.3) is 0 Å². The molecule has 0 aliphatic heterocycles. The number of nitrogens with zero attached hydrogens (tertiary/aromatic N) is 1. The van der Waals surface area contributed by atoms with E-state index in [1.807, 2.05) is 41.8 Å². The van der Waals surface area contributed by atoms with Crippen molar-refractivity contribution in [2.45, 2.75) is 33.2 Å². The van der Waals surface area contributed by atoms with Crippen LogP contribution in [0, 0.1) is 0 Å². The van der Waals surface area contributed by atoms with Gasteiger partial charge in [-0.25, -0.2) is 0 Å². The largest absolute Gasteiger partial charge is 0.333 e. The predicted octanol–water partition coefficient (Wildman–Crippen LogP) is 3.60. The zero-order chi connectivity index (χ0) is 14.0. The van der Waals surface area contributed by atoms with E-state index in [4.69, 9.17) is 18.1 Å². The van der Waals surface area contributed by atoms with E-state index in [1.165, 1.54) is 0 Å². The Labute approximate surface area is 114 Å². The van der Waals surface area contributed by atoms with Crippen molar-refractivity contribution in [1.29, 1.82) is 0 Å². The van der Waals surface area contributed by atoms with E-state index in [0.29, 0.717) is 26.4 Å². The molecule has 0 aromatic rings. The van der Waals surface area contributed by atoms with Crippen LogP contribution in [0.5, 0.6) is 0 Å². The van der Waals surface area contributed by atoms with E-state index in [0.717, 1.165) is 0 Å². The van der Waals surface area contributed by atoms with Crippen LogP contribution in [0.3, 0.4) is 0 Å². The first kappa shape index (κ1) is 18.7. The zero-order valence-corrected chi connectivity index (χ0v) is 14.2. The van der Waals surface area contributed by atoms with Crippen molar-refractivity contribution >= 4 is 16.8 Å². The molecule has 0 atom stereocenters. The monoisotopic (exact) mass is 299 g/mol. The first-order valence-electron chi connectivity index (χ1n) is 6.38. The second kappa shape index (κ2) is 11.5. The van der Waals surface area contributed by atoms with Gasteiger partial charge in [-0.05, 0) is 41.8 Å². The van der Waals surface area contributed by atoms with E-state index in [9.17, 15) is 0 Å². The number of hydrogen-bond donors (Lipinski definition) is 0. The van der Waals surface area contributed by atoms with Crippen molar-refractivity contribution < 1.29 is 18.1 Å². The molecule has 0 aliphatic rings. The quantitative estimate of drug-likeness (QED) is 0.545. The average molecular weight is 299 g/mol. The van der Waals surface area contributed by atoms with Gasteiger partial charge in [0, 0.05) is 0 Å².